The van der Waals surface area contributed by atoms with Crippen LogP contribution in [0.2, 0.25) is 0 Å². The van der Waals surface area contributed by atoms with Gasteiger partial charge in [-0.3, -0.25) is 14.9 Å². The van der Waals surface area contributed by atoms with Gasteiger partial charge in [-0.1, -0.05) is 18.6 Å². The fourth-order valence-corrected chi connectivity index (χ4v) is 4.88. The zero-order valence-electron chi connectivity index (χ0n) is 20.2. The van der Waals surface area contributed by atoms with E-state index in [9.17, 15) is 9.18 Å². The van der Waals surface area contributed by atoms with Crippen LogP contribution >= 0.6 is 0 Å². The van der Waals surface area contributed by atoms with Gasteiger partial charge in [0.1, 0.15) is 17.2 Å². The Morgan fingerprint density at radius 1 is 0.895 bits per heavy atom. The van der Waals surface area contributed by atoms with Gasteiger partial charge >= 0.3 is 0 Å². The molecule has 5 aromatic heterocycles. The number of carbonyl (C=O) groups excluding carboxylic acids is 1. The first-order valence-electron chi connectivity index (χ1n) is 12.5. The molecule has 1 fully saturated rings. The van der Waals surface area contributed by atoms with Crippen LogP contribution in [0.4, 0.5) is 10.1 Å². The third-order valence-electron chi connectivity index (χ3n) is 7.17. The fourth-order valence-electron chi connectivity index (χ4n) is 4.88. The smallest absolute Gasteiger partial charge is 0.227 e. The Kier molecular flexibility index (Phi) is 5.21. The van der Waals surface area contributed by atoms with Crippen LogP contribution in [-0.2, 0) is 4.79 Å². The number of amides is 1. The van der Waals surface area contributed by atoms with Crippen molar-refractivity contribution in [1.82, 2.24) is 30.1 Å². The molecule has 0 radical (unpaired) electrons. The SMILES string of the molecule is O=C(Nc1cncc(-c2cnc3[nH]nc(-c4cc5c(-c6ccc(F)cc6)ccnc5[nH]4)c3c2)c1)C1CCC1. The Balaban J connectivity index is 1.26. The third-order valence-corrected chi connectivity index (χ3v) is 7.17. The van der Waals surface area contributed by atoms with E-state index in [-0.39, 0.29) is 17.6 Å². The molecule has 1 aliphatic carbocycles. The minimum Gasteiger partial charge on any atom is -0.338 e. The summed E-state index contributed by atoms with van der Waals surface area (Å²) in [6.45, 7) is 0. The Hall–Kier alpha value is -4.92. The van der Waals surface area contributed by atoms with Gasteiger partial charge in [0.2, 0.25) is 5.91 Å². The maximum absolute atomic E-state index is 13.5. The first-order valence-corrected chi connectivity index (χ1v) is 12.5. The summed E-state index contributed by atoms with van der Waals surface area (Å²) in [5.74, 6) is -0.130. The maximum atomic E-state index is 13.5. The first kappa shape index (κ1) is 22.3. The molecule has 0 spiro atoms. The van der Waals surface area contributed by atoms with Crippen LogP contribution in [0.3, 0.4) is 0 Å². The summed E-state index contributed by atoms with van der Waals surface area (Å²) in [6.07, 6.45) is 9.89. The van der Waals surface area contributed by atoms with E-state index in [0.29, 0.717) is 22.7 Å². The second-order valence-electron chi connectivity index (χ2n) is 9.58. The number of H-pyrrole nitrogens is 2. The van der Waals surface area contributed by atoms with Gasteiger partial charge in [-0.25, -0.2) is 14.4 Å². The number of benzene rings is 1. The molecule has 1 saturated carbocycles. The monoisotopic (exact) mass is 503 g/mol. The number of pyridine rings is 3. The fraction of sp³-hybridized carbons (Fsp3) is 0.138. The molecular formula is C29H22FN7O. The molecule has 0 aliphatic heterocycles. The van der Waals surface area contributed by atoms with Crippen molar-refractivity contribution in [3.63, 3.8) is 0 Å². The number of anilines is 1. The molecule has 8 nitrogen and oxygen atoms in total. The zero-order chi connectivity index (χ0) is 25.6. The summed E-state index contributed by atoms with van der Waals surface area (Å²) in [4.78, 5) is 29.2. The van der Waals surface area contributed by atoms with E-state index in [4.69, 9.17) is 0 Å². The topological polar surface area (TPSA) is 112 Å². The van der Waals surface area contributed by atoms with Gasteiger partial charge < -0.3 is 10.3 Å². The summed E-state index contributed by atoms with van der Waals surface area (Å²) in [6, 6.07) is 14.3. The van der Waals surface area contributed by atoms with Crippen molar-refractivity contribution in [2.45, 2.75) is 19.3 Å². The standard InChI is InChI=1S/C29H22FN7O/c30-20-6-4-16(5-7-20)22-8-9-32-27-23(22)12-25(35-27)26-24-11-19(14-33-28(24)37-36-26)18-10-21(15-31-13-18)34-29(38)17-2-1-3-17/h4-15,17H,1-3H2,(H,32,35)(H,34,38)(H,33,36,37). The summed E-state index contributed by atoms with van der Waals surface area (Å²) < 4.78 is 13.5. The molecule has 38 heavy (non-hydrogen) atoms. The van der Waals surface area contributed by atoms with Crippen LogP contribution in [0.1, 0.15) is 19.3 Å². The highest BCUT2D eigenvalue weighted by atomic mass is 19.1. The van der Waals surface area contributed by atoms with E-state index in [2.05, 4.69) is 35.5 Å². The Bertz CT molecular complexity index is 1820. The van der Waals surface area contributed by atoms with Gasteiger partial charge in [0.25, 0.3) is 0 Å². The number of aromatic nitrogens is 6. The number of rotatable bonds is 5. The Labute approximate surface area is 216 Å². The summed E-state index contributed by atoms with van der Waals surface area (Å²) in [5, 5.41) is 12.3. The molecule has 0 saturated heterocycles. The van der Waals surface area contributed by atoms with Crippen LogP contribution in [0.15, 0.2) is 73.3 Å². The number of nitrogens with one attached hydrogen (secondary N) is 3. The van der Waals surface area contributed by atoms with Crippen molar-refractivity contribution in [3.8, 4) is 33.6 Å². The third kappa shape index (κ3) is 3.88. The highest BCUT2D eigenvalue weighted by molar-refractivity contribution is 6.00. The van der Waals surface area contributed by atoms with Crippen LogP contribution in [0, 0.1) is 11.7 Å². The van der Waals surface area contributed by atoms with Crippen molar-refractivity contribution >= 4 is 33.7 Å². The van der Waals surface area contributed by atoms with Crippen LogP contribution in [0.25, 0.3) is 55.7 Å². The molecule has 1 aromatic carbocycles. The van der Waals surface area contributed by atoms with E-state index in [1.807, 2.05) is 24.3 Å². The number of fused-ring (bicyclic) bond motifs is 2. The lowest BCUT2D eigenvalue weighted by atomic mass is 9.85. The number of carbonyl (C=O) groups is 1. The lowest BCUT2D eigenvalue weighted by molar-refractivity contribution is -0.122. The zero-order valence-corrected chi connectivity index (χ0v) is 20.2. The van der Waals surface area contributed by atoms with Gasteiger partial charge in [-0.2, -0.15) is 5.10 Å². The average Bonchev–Trinajstić information content (AvgIpc) is 3.52. The minimum absolute atomic E-state index is 0.0494. The highest BCUT2D eigenvalue weighted by Gasteiger charge is 2.25. The number of nitrogens with zero attached hydrogens (tertiary/aromatic N) is 4. The van der Waals surface area contributed by atoms with Crippen LogP contribution in [-0.4, -0.2) is 36.0 Å². The normalized spacial score (nSPS) is 13.6. The molecule has 5 heterocycles. The minimum atomic E-state index is -0.276. The van der Waals surface area contributed by atoms with Crippen LogP contribution < -0.4 is 5.32 Å². The average molecular weight is 504 g/mol. The highest BCUT2D eigenvalue weighted by Crippen LogP contribution is 2.34. The number of halogens is 1. The molecule has 0 unspecified atom stereocenters. The van der Waals surface area contributed by atoms with Crippen molar-refractivity contribution in [2.75, 3.05) is 5.32 Å². The Morgan fingerprint density at radius 2 is 1.74 bits per heavy atom. The van der Waals surface area contributed by atoms with Gasteiger partial charge in [-0.05, 0) is 60.4 Å². The predicted octanol–water partition coefficient (Wildman–Crippen LogP) is 6.11. The number of hydrogen-bond acceptors (Lipinski definition) is 5. The largest absolute Gasteiger partial charge is 0.338 e. The second-order valence-corrected chi connectivity index (χ2v) is 9.58. The van der Waals surface area contributed by atoms with E-state index >= 15 is 0 Å². The van der Waals surface area contributed by atoms with Crippen molar-refractivity contribution < 1.29 is 9.18 Å². The lowest BCUT2D eigenvalue weighted by Gasteiger charge is -2.24. The first-order chi connectivity index (χ1) is 18.6. The predicted molar refractivity (Wildman–Crippen MR) is 144 cm³/mol. The molecule has 7 rings (SSSR count). The molecule has 1 amide bonds. The van der Waals surface area contributed by atoms with E-state index in [1.54, 1.807) is 36.9 Å². The summed E-state index contributed by atoms with van der Waals surface area (Å²) in [5.41, 5.74) is 7.06. The quantitative estimate of drug-likeness (QED) is 0.263. The van der Waals surface area contributed by atoms with E-state index in [1.165, 1.54) is 12.1 Å². The Morgan fingerprint density at radius 3 is 2.55 bits per heavy atom. The molecule has 0 atom stereocenters. The molecule has 186 valence electrons. The van der Waals surface area contributed by atoms with Gasteiger partial charge in [-0.15, -0.1) is 0 Å². The molecule has 9 heteroatoms. The molecule has 6 aromatic rings. The summed E-state index contributed by atoms with van der Waals surface area (Å²) >= 11 is 0. The van der Waals surface area contributed by atoms with E-state index in [0.717, 1.165) is 58.0 Å². The molecule has 3 N–H and O–H groups in total. The van der Waals surface area contributed by atoms with Crippen molar-refractivity contribution in [1.29, 1.82) is 0 Å². The van der Waals surface area contributed by atoms with Crippen molar-refractivity contribution in [2.24, 2.45) is 5.92 Å². The van der Waals surface area contributed by atoms with Crippen LogP contribution in [0.5, 0.6) is 0 Å². The number of aromatic amines is 2. The van der Waals surface area contributed by atoms with E-state index < -0.39 is 0 Å². The second kappa shape index (κ2) is 8.88. The van der Waals surface area contributed by atoms with Crippen molar-refractivity contribution in [3.05, 3.63) is 79.1 Å². The van der Waals surface area contributed by atoms with Gasteiger partial charge in [0, 0.05) is 46.4 Å². The molecule has 1 aliphatic rings. The molecule has 0 bridgehead atoms. The summed E-state index contributed by atoms with van der Waals surface area (Å²) in [7, 11) is 0. The molecular weight excluding hydrogens is 481 g/mol. The van der Waals surface area contributed by atoms with Gasteiger partial charge in [0.05, 0.1) is 17.6 Å². The number of hydrogen-bond donors (Lipinski definition) is 3. The maximum Gasteiger partial charge on any atom is 0.227 e. The van der Waals surface area contributed by atoms with Gasteiger partial charge in [0.15, 0.2) is 5.65 Å². The lowest BCUT2D eigenvalue weighted by Crippen LogP contribution is -2.28.